The van der Waals surface area contributed by atoms with Crippen LogP contribution in [0.3, 0.4) is 0 Å². The molecule has 0 saturated carbocycles. The number of ether oxygens (including phenoxy) is 1. The maximum atomic E-state index is 14.7. The van der Waals surface area contributed by atoms with Crippen LogP contribution in [0.25, 0.3) is 27.7 Å². The Hall–Kier alpha value is -3.41. The predicted octanol–water partition coefficient (Wildman–Crippen LogP) is 4.12. The van der Waals surface area contributed by atoms with Crippen molar-refractivity contribution in [3.05, 3.63) is 36.3 Å². The Balaban J connectivity index is 1.47. The van der Waals surface area contributed by atoms with Crippen molar-refractivity contribution in [2.24, 2.45) is 0 Å². The number of nitrogens with zero attached hydrogens (tertiary/aromatic N) is 6. The van der Waals surface area contributed by atoms with Gasteiger partial charge in [-0.15, -0.1) is 5.10 Å². The van der Waals surface area contributed by atoms with Crippen LogP contribution in [0.15, 0.2) is 30.5 Å². The lowest BCUT2D eigenvalue weighted by molar-refractivity contribution is 0.120. The highest BCUT2D eigenvalue weighted by Gasteiger charge is 2.30. The highest BCUT2D eigenvalue weighted by atomic mass is 19.3. The van der Waals surface area contributed by atoms with Crippen LogP contribution in [0.2, 0.25) is 0 Å². The molecule has 1 saturated heterocycles. The molecule has 3 aromatic heterocycles. The molecule has 0 radical (unpaired) electrons. The zero-order valence-electron chi connectivity index (χ0n) is 20.0. The molecule has 0 aliphatic carbocycles. The first-order valence-corrected chi connectivity index (χ1v) is 11.8. The third-order valence-electron chi connectivity index (χ3n) is 6.58. The number of nitrogens with one attached hydrogen (secondary N) is 1. The van der Waals surface area contributed by atoms with E-state index in [-0.39, 0.29) is 24.9 Å². The van der Waals surface area contributed by atoms with Gasteiger partial charge in [0.1, 0.15) is 24.2 Å². The first kappa shape index (κ1) is 24.3. The maximum Gasteiger partial charge on any atom is 0.256 e. The van der Waals surface area contributed by atoms with E-state index in [4.69, 9.17) is 4.74 Å². The van der Waals surface area contributed by atoms with Crippen LogP contribution >= 0.6 is 0 Å². The minimum atomic E-state index is -2.50. The largest absolute Gasteiger partial charge is 0.479 e. The van der Waals surface area contributed by atoms with Crippen molar-refractivity contribution in [3.8, 4) is 17.0 Å². The molecular formula is C24H27F4N7O. The zero-order chi connectivity index (χ0) is 25.4. The molecule has 0 bridgehead atoms. The summed E-state index contributed by atoms with van der Waals surface area (Å²) in [6, 6.07) is 6.81. The molecule has 1 aliphatic rings. The second-order valence-corrected chi connectivity index (χ2v) is 8.88. The Labute approximate surface area is 204 Å². The minimum absolute atomic E-state index is 0.152. The van der Waals surface area contributed by atoms with Crippen molar-refractivity contribution in [2.45, 2.75) is 38.5 Å². The van der Waals surface area contributed by atoms with Crippen LogP contribution in [-0.4, -0.2) is 81.1 Å². The summed E-state index contributed by atoms with van der Waals surface area (Å²) >= 11 is 0. The van der Waals surface area contributed by atoms with Crippen molar-refractivity contribution in [1.29, 1.82) is 0 Å². The van der Waals surface area contributed by atoms with Gasteiger partial charge in [-0.2, -0.15) is 4.98 Å². The molecule has 1 fully saturated rings. The average molecular weight is 506 g/mol. The normalized spacial score (nSPS) is 19.0. The van der Waals surface area contributed by atoms with Gasteiger partial charge in [-0.3, -0.25) is 4.90 Å². The third-order valence-corrected chi connectivity index (χ3v) is 6.58. The molecule has 0 amide bonds. The Morgan fingerprint density at radius 1 is 1.22 bits per heavy atom. The van der Waals surface area contributed by atoms with E-state index in [9.17, 15) is 17.6 Å². The topological polar surface area (TPSA) is 72.5 Å². The molecule has 4 heterocycles. The molecule has 12 heteroatoms. The number of imidazole rings is 1. The van der Waals surface area contributed by atoms with E-state index in [0.717, 1.165) is 11.1 Å². The zero-order valence-corrected chi connectivity index (χ0v) is 20.0. The number of benzene rings is 1. The molecule has 36 heavy (non-hydrogen) atoms. The number of fused-ring (bicyclic) bond motifs is 2. The van der Waals surface area contributed by atoms with E-state index in [1.54, 1.807) is 28.6 Å². The van der Waals surface area contributed by atoms with Gasteiger partial charge < -0.3 is 14.6 Å². The molecule has 1 N–H and O–H groups in total. The predicted molar refractivity (Wildman–Crippen MR) is 128 cm³/mol. The van der Waals surface area contributed by atoms with Crippen LogP contribution in [0.4, 0.5) is 23.5 Å². The van der Waals surface area contributed by atoms with Gasteiger partial charge in [0.05, 0.1) is 30.7 Å². The van der Waals surface area contributed by atoms with Crippen LogP contribution in [0.5, 0.6) is 5.88 Å². The highest BCUT2D eigenvalue weighted by molar-refractivity contribution is 5.89. The number of anilines is 1. The van der Waals surface area contributed by atoms with Crippen molar-refractivity contribution in [3.63, 3.8) is 0 Å². The number of aromatic nitrogens is 5. The number of rotatable bonds is 8. The first-order chi connectivity index (χ1) is 17.4. The molecule has 0 spiro atoms. The number of hydrogen-bond donors (Lipinski definition) is 1. The van der Waals surface area contributed by atoms with Gasteiger partial charge in [-0.05, 0) is 37.1 Å². The molecule has 8 nitrogen and oxygen atoms in total. The van der Waals surface area contributed by atoms with E-state index in [1.807, 2.05) is 18.2 Å². The molecule has 1 aromatic carbocycles. The molecule has 0 unspecified atom stereocenters. The summed E-state index contributed by atoms with van der Waals surface area (Å²) in [5.74, 6) is 1.02. The van der Waals surface area contributed by atoms with E-state index in [2.05, 4.69) is 20.4 Å². The van der Waals surface area contributed by atoms with Gasteiger partial charge in [0.2, 0.25) is 11.8 Å². The second-order valence-electron chi connectivity index (χ2n) is 8.88. The van der Waals surface area contributed by atoms with Gasteiger partial charge in [-0.1, -0.05) is 6.07 Å². The minimum Gasteiger partial charge on any atom is -0.479 e. The Morgan fingerprint density at radius 2 is 2.06 bits per heavy atom. The number of halogens is 4. The highest BCUT2D eigenvalue weighted by Crippen LogP contribution is 2.33. The number of hydrogen-bond acceptors (Lipinski definition) is 6. The lowest BCUT2D eigenvalue weighted by Gasteiger charge is -2.34. The molecule has 192 valence electrons. The van der Waals surface area contributed by atoms with Gasteiger partial charge in [0.15, 0.2) is 0 Å². The number of alkyl halides is 4. The van der Waals surface area contributed by atoms with Crippen LogP contribution in [0, 0.1) is 6.92 Å². The van der Waals surface area contributed by atoms with Crippen LogP contribution < -0.4 is 10.1 Å². The lowest BCUT2D eigenvalue weighted by Crippen LogP contribution is -2.48. The molecule has 1 aliphatic heterocycles. The Morgan fingerprint density at radius 3 is 2.78 bits per heavy atom. The SMILES string of the molecule is COc1nc(N[C@H]2CCN(CCF)C[C@H]2F)nn2ccc(-c3ccc4nc(C)n(CC(F)F)c4c3)c12. The van der Waals surface area contributed by atoms with Crippen LogP contribution in [0.1, 0.15) is 12.2 Å². The van der Waals surface area contributed by atoms with E-state index >= 15 is 0 Å². The summed E-state index contributed by atoms with van der Waals surface area (Å²) in [5, 5.41) is 7.56. The second kappa shape index (κ2) is 9.92. The summed E-state index contributed by atoms with van der Waals surface area (Å²) < 4.78 is 62.2. The van der Waals surface area contributed by atoms with Gasteiger partial charge in [-0.25, -0.2) is 27.1 Å². The smallest absolute Gasteiger partial charge is 0.256 e. The van der Waals surface area contributed by atoms with E-state index in [0.29, 0.717) is 35.3 Å². The monoisotopic (exact) mass is 505 g/mol. The number of aryl methyl sites for hydroxylation is 1. The van der Waals surface area contributed by atoms with Crippen LogP contribution in [-0.2, 0) is 6.54 Å². The van der Waals surface area contributed by atoms with E-state index in [1.165, 1.54) is 11.7 Å². The van der Waals surface area contributed by atoms with Crippen molar-refractivity contribution >= 4 is 22.5 Å². The lowest BCUT2D eigenvalue weighted by atomic mass is 10.0. The van der Waals surface area contributed by atoms with Gasteiger partial charge in [0, 0.05) is 31.4 Å². The van der Waals surface area contributed by atoms with Crippen molar-refractivity contribution in [2.75, 3.05) is 38.7 Å². The fourth-order valence-corrected chi connectivity index (χ4v) is 4.83. The third kappa shape index (κ3) is 4.57. The summed E-state index contributed by atoms with van der Waals surface area (Å²) in [6.07, 6.45) is -1.46. The quantitative estimate of drug-likeness (QED) is 0.363. The number of methoxy groups -OCH3 is 1. The van der Waals surface area contributed by atoms with E-state index < -0.39 is 31.9 Å². The maximum absolute atomic E-state index is 14.7. The summed E-state index contributed by atoms with van der Waals surface area (Å²) in [5.41, 5.74) is 3.36. The average Bonchev–Trinajstić information content (AvgIpc) is 3.41. The Bertz CT molecular complexity index is 1370. The number of likely N-dealkylation sites (tertiary alicyclic amines) is 1. The summed E-state index contributed by atoms with van der Waals surface area (Å²) in [4.78, 5) is 10.6. The molecular weight excluding hydrogens is 478 g/mol. The number of piperidine rings is 1. The fraction of sp³-hybridized carbons (Fsp3) is 0.458. The Kier molecular flexibility index (Phi) is 6.69. The molecule has 4 aromatic rings. The summed E-state index contributed by atoms with van der Waals surface area (Å²) in [7, 11) is 1.49. The van der Waals surface area contributed by atoms with Crippen molar-refractivity contribution in [1.82, 2.24) is 29.0 Å². The van der Waals surface area contributed by atoms with Crippen molar-refractivity contribution < 1.29 is 22.3 Å². The molecule has 5 rings (SSSR count). The van der Waals surface area contributed by atoms with Gasteiger partial charge >= 0.3 is 0 Å². The fourth-order valence-electron chi connectivity index (χ4n) is 4.83. The standard InChI is InChI=1S/C24H27F4N7O/c1-14-29-19-4-3-15(11-20(19)34(14)13-21(27)28)16-5-9-35-22(16)23(36-2)31-24(32-35)30-18-6-8-33(10-7-25)12-17(18)26/h3-5,9,11,17-18,21H,6-8,10,12-13H2,1-2H3,(H,30,32)/t17-,18+/m1/s1. The molecule has 2 atom stereocenters. The first-order valence-electron chi connectivity index (χ1n) is 11.8. The summed E-state index contributed by atoms with van der Waals surface area (Å²) in [6.45, 7) is 1.72. The van der Waals surface area contributed by atoms with Gasteiger partial charge in [0.25, 0.3) is 6.43 Å².